The first-order valence-corrected chi connectivity index (χ1v) is 5.34. The van der Waals surface area contributed by atoms with Crippen LogP contribution in [0, 0.1) is 22.0 Å². The van der Waals surface area contributed by atoms with Crippen LogP contribution in [0.3, 0.4) is 0 Å². The maximum Gasteiger partial charge on any atom is 0.133 e. The van der Waals surface area contributed by atoms with Crippen molar-refractivity contribution in [3.63, 3.8) is 0 Å². The van der Waals surface area contributed by atoms with Gasteiger partial charge in [0.05, 0.1) is 0 Å². The van der Waals surface area contributed by atoms with Crippen molar-refractivity contribution in [3.05, 3.63) is 0 Å². The molecule has 1 nitrogen and oxygen atoms in total. The molecule has 60 valence electrons. The minimum Gasteiger partial charge on any atom is -0.185 e. The van der Waals surface area contributed by atoms with E-state index in [0.29, 0.717) is 5.41 Å². The molecule has 0 spiro atoms. The van der Waals surface area contributed by atoms with Gasteiger partial charge in [-0.1, -0.05) is 0 Å². The summed E-state index contributed by atoms with van der Waals surface area (Å²) in [5.41, 5.74) is 0.602. The predicted octanol–water partition coefficient (Wildman–Crippen LogP) is 2.78. The smallest absolute Gasteiger partial charge is 0.133 e. The Bertz CT molecular complexity index is 186. The summed E-state index contributed by atoms with van der Waals surface area (Å²) in [6.45, 7) is 0. The normalized spacial score (nSPS) is 40.8. The average Bonchev–Trinajstić information content (AvgIpc) is 2.60. The zero-order valence-corrected chi connectivity index (χ0v) is 7.49. The number of rotatable bonds is 2. The molecule has 2 aliphatic rings. The molecule has 0 heterocycles. The Morgan fingerprint density at radius 2 is 2.18 bits per heavy atom. The van der Waals surface area contributed by atoms with Crippen molar-refractivity contribution < 1.29 is 0 Å². The standard InChI is InChI=1S/C9H13NS/c10-7-11-6-9-3-1-8(5-9)2-4-9/h8H,1-6H2. The highest BCUT2D eigenvalue weighted by Crippen LogP contribution is 2.55. The van der Waals surface area contributed by atoms with Gasteiger partial charge in [-0.2, -0.15) is 5.26 Å². The Kier molecular flexibility index (Phi) is 1.85. The summed E-state index contributed by atoms with van der Waals surface area (Å²) in [6.07, 6.45) is 7.08. The van der Waals surface area contributed by atoms with E-state index in [1.807, 2.05) is 0 Å². The van der Waals surface area contributed by atoms with Gasteiger partial charge in [0.1, 0.15) is 5.40 Å². The third-order valence-electron chi connectivity index (χ3n) is 3.33. The molecule has 2 fully saturated rings. The third-order valence-corrected chi connectivity index (χ3v) is 4.22. The molecule has 0 N–H and O–H groups in total. The molecule has 2 bridgehead atoms. The van der Waals surface area contributed by atoms with E-state index in [0.717, 1.165) is 11.7 Å². The molecule has 0 aliphatic heterocycles. The lowest BCUT2D eigenvalue weighted by molar-refractivity contribution is 0.341. The number of nitrogens with zero attached hydrogens (tertiary/aromatic N) is 1. The maximum atomic E-state index is 8.46. The monoisotopic (exact) mass is 167 g/mol. The zero-order chi connectivity index (χ0) is 7.73. The van der Waals surface area contributed by atoms with E-state index in [1.165, 1.54) is 43.9 Å². The van der Waals surface area contributed by atoms with E-state index in [-0.39, 0.29) is 0 Å². The lowest BCUT2D eigenvalue weighted by Crippen LogP contribution is -2.16. The summed E-state index contributed by atoms with van der Waals surface area (Å²) in [6, 6.07) is 0. The van der Waals surface area contributed by atoms with Gasteiger partial charge in [0.15, 0.2) is 0 Å². The van der Waals surface area contributed by atoms with Crippen molar-refractivity contribution in [2.45, 2.75) is 32.1 Å². The summed E-state index contributed by atoms with van der Waals surface area (Å²) < 4.78 is 0. The quantitative estimate of drug-likeness (QED) is 0.590. The summed E-state index contributed by atoms with van der Waals surface area (Å²) in [4.78, 5) is 0. The van der Waals surface area contributed by atoms with Crippen molar-refractivity contribution in [1.82, 2.24) is 0 Å². The van der Waals surface area contributed by atoms with E-state index >= 15 is 0 Å². The number of thiocyanates is 1. The summed E-state index contributed by atoms with van der Waals surface area (Å²) in [5, 5.41) is 10.7. The lowest BCUT2D eigenvalue weighted by atomic mass is 9.87. The summed E-state index contributed by atoms with van der Waals surface area (Å²) >= 11 is 1.46. The molecule has 2 rings (SSSR count). The molecule has 11 heavy (non-hydrogen) atoms. The van der Waals surface area contributed by atoms with Gasteiger partial charge < -0.3 is 0 Å². The van der Waals surface area contributed by atoms with Crippen LogP contribution in [0.2, 0.25) is 0 Å². The van der Waals surface area contributed by atoms with Gasteiger partial charge in [0.2, 0.25) is 0 Å². The highest BCUT2D eigenvalue weighted by Gasteiger charge is 2.44. The van der Waals surface area contributed by atoms with Crippen LogP contribution in [0.4, 0.5) is 0 Å². The van der Waals surface area contributed by atoms with Gasteiger partial charge in [-0.25, -0.2) is 0 Å². The summed E-state index contributed by atoms with van der Waals surface area (Å²) in [7, 11) is 0. The van der Waals surface area contributed by atoms with Gasteiger partial charge in [-0.15, -0.1) is 0 Å². The molecular formula is C9H13NS. The molecule has 0 aromatic heterocycles. The van der Waals surface area contributed by atoms with Crippen molar-refractivity contribution in [2.75, 3.05) is 5.75 Å². The topological polar surface area (TPSA) is 23.8 Å². The predicted molar refractivity (Wildman–Crippen MR) is 47.1 cm³/mol. The molecule has 0 amide bonds. The van der Waals surface area contributed by atoms with Crippen molar-refractivity contribution in [3.8, 4) is 5.40 Å². The third kappa shape index (κ3) is 1.27. The minimum atomic E-state index is 0.602. The van der Waals surface area contributed by atoms with Gasteiger partial charge in [0, 0.05) is 5.75 Å². The fourth-order valence-corrected chi connectivity index (χ4v) is 3.48. The first-order chi connectivity index (χ1) is 5.35. The molecule has 0 aromatic carbocycles. The van der Waals surface area contributed by atoms with Crippen molar-refractivity contribution >= 4 is 11.8 Å². The van der Waals surface area contributed by atoms with E-state index < -0.39 is 0 Å². The Morgan fingerprint density at radius 3 is 2.64 bits per heavy atom. The molecule has 0 radical (unpaired) electrons. The van der Waals surface area contributed by atoms with Crippen LogP contribution >= 0.6 is 11.8 Å². The second-order valence-electron chi connectivity index (χ2n) is 4.03. The van der Waals surface area contributed by atoms with Crippen LogP contribution in [-0.2, 0) is 0 Å². The minimum absolute atomic E-state index is 0.602. The summed E-state index contributed by atoms with van der Waals surface area (Å²) in [5.74, 6) is 2.12. The molecule has 0 aromatic rings. The molecule has 2 heteroatoms. The average molecular weight is 167 g/mol. The largest absolute Gasteiger partial charge is 0.185 e. The van der Waals surface area contributed by atoms with Crippen LogP contribution in [0.1, 0.15) is 32.1 Å². The second kappa shape index (κ2) is 2.71. The Hall–Kier alpha value is -0.160. The lowest BCUT2D eigenvalue weighted by Gasteiger charge is -2.23. The van der Waals surface area contributed by atoms with E-state index in [2.05, 4.69) is 5.40 Å². The highest BCUT2D eigenvalue weighted by molar-refractivity contribution is 8.03. The van der Waals surface area contributed by atoms with E-state index in [9.17, 15) is 0 Å². The molecule has 0 unspecified atom stereocenters. The molecule has 2 aliphatic carbocycles. The Morgan fingerprint density at radius 1 is 1.45 bits per heavy atom. The van der Waals surface area contributed by atoms with Crippen molar-refractivity contribution in [2.24, 2.45) is 11.3 Å². The van der Waals surface area contributed by atoms with Crippen LogP contribution in [0.5, 0.6) is 0 Å². The van der Waals surface area contributed by atoms with Crippen LogP contribution in [0.15, 0.2) is 0 Å². The first-order valence-electron chi connectivity index (χ1n) is 4.36. The Labute approximate surface area is 72.2 Å². The fourth-order valence-electron chi connectivity index (χ4n) is 2.70. The van der Waals surface area contributed by atoms with Crippen LogP contribution in [-0.4, -0.2) is 5.75 Å². The van der Waals surface area contributed by atoms with Gasteiger partial charge in [0.25, 0.3) is 0 Å². The maximum absolute atomic E-state index is 8.46. The van der Waals surface area contributed by atoms with Gasteiger partial charge in [-0.3, -0.25) is 0 Å². The zero-order valence-electron chi connectivity index (χ0n) is 6.68. The van der Waals surface area contributed by atoms with E-state index in [4.69, 9.17) is 5.26 Å². The van der Waals surface area contributed by atoms with Gasteiger partial charge in [-0.05, 0) is 55.2 Å². The molecule has 2 saturated carbocycles. The number of thioether (sulfide) groups is 1. The number of hydrogen-bond donors (Lipinski definition) is 0. The number of hydrogen-bond acceptors (Lipinski definition) is 2. The van der Waals surface area contributed by atoms with Crippen molar-refractivity contribution in [1.29, 1.82) is 5.26 Å². The van der Waals surface area contributed by atoms with Crippen LogP contribution < -0.4 is 0 Å². The Balaban J connectivity index is 1.95. The van der Waals surface area contributed by atoms with Crippen LogP contribution in [0.25, 0.3) is 0 Å². The van der Waals surface area contributed by atoms with E-state index in [1.54, 1.807) is 0 Å². The van der Waals surface area contributed by atoms with Gasteiger partial charge >= 0.3 is 0 Å². The molecular weight excluding hydrogens is 154 g/mol. The second-order valence-corrected chi connectivity index (χ2v) is 4.79. The number of fused-ring (bicyclic) bond motifs is 2. The number of nitriles is 1. The first kappa shape index (κ1) is 7.49. The highest BCUT2D eigenvalue weighted by atomic mass is 32.2. The molecule has 0 saturated heterocycles. The molecule has 0 atom stereocenters. The fraction of sp³-hybridized carbons (Fsp3) is 0.889. The SMILES string of the molecule is N#CSCC12CCC(CC1)C2.